The summed E-state index contributed by atoms with van der Waals surface area (Å²) in [5.74, 6) is 0.478. The quantitative estimate of drug-likeness (QED) is 0.759. The summed E-state index contributed by atoms with van der Waals surface area (Å²) < 4.78 is 10.9. The van der Waals surface area contributed by atoms with Crippen LogP contribution in [0.5, 0.6) is 11.5 Å². The molecular formula is C19H22N2O4. The molecule has 0 saturated carbocycles. The maximum Gasteiger partial charge on any atom is 0.276 e. The first kappa shape index (κ1) is 18.3. The Morgan fingerprint density at radius 1 is 0.960 bits per heavy atom. The van der Waals surface area contributed by atoms with Gasteiger partial charge in [-0.3, -0.25) is 20.4 Å². The highest BCUT2D eigenvalue weighted by molar-refractivity contribution is 5.95. The van der Waals surface area contributed by atoms with Crippen molar-refractivity contribution in [2.24, 2.45) is 0 Å². The third-order valence-electron chi connectivity index (χ3n) is 3.36. The van der Waals surface area contributed by atoms with Gasteiger partial charge in [0, 0.05) is 5.56 Å². The van der Waals surface area contributed by atoms with E-state index in [9.17, 15) is 9.59 Å². The third kappa shape index (κ3) is 5.84. The lowest BCUT2D eigenvalue weighted by Crippen LogP contribution is -2.43. The topological polar surface area (TPSA) is 76.7 Å². The zero-order valence-electron chi connectivity index (χ0n) is 14.4. The number of carbonyl (C=O) groups excluding carboxylic acids is 2. The first-order chi connectivity index (χ1) is 12.1. The van der Waals surface area contributed by atoms with Gasteiger partial charge in [0.2, 0.25) is 0 Å². The Balaban J connectivity index is 1.77. The van der Waals surface area contributed by atoms with Crippen molar-refractivity contribution >= 4 is 11.8 Å². The predicted molar refractivity (Wildman–Crippen MR) is 94.5 cm³/mol. The molecule has 0 spiro atoms. The number of amides is 2. The molecule has 0 atom stereocenters. The number of nitrogens with one attached hydrogen (secondary N) is 2. The van der Waals surface area contributed by atoms with Crippen molar-refractivity contribution in [2.45, 2.75) is 20.3 Å². The molecule has 0 bridgehead atoms. The molecule has 2 amide bonds. The molecule has 132 valence electrons. The molecule has 25 heavy (non-hydrogen) atoms. The van der Waals surface area contributed by atoms with Gasteiger partial charge in [-0.2, -0.15) is 0 Å². The van der Waals surface area contributed by atoms with Gasteiger partial charge in [0.25, 0.3) is 11.8 Å². The highest BCUT2D eigenvalue weighted by Gasteiger charge is 2.08. The Labute approximate surface area is 147 Å². The average molecular weight is 342 g/mol. The molecule has 0 heterocycles. The smallest absolute Gasteiger partial charge is 0.276 e. The van der Waals surface area contributed by atoms with Crippen LogP contribution in [-0.4, -0.2) is 25.0 Å². The predicted octanol–water partition coefficient (Wildman–Crippen LogP) is 2.62. The van der Waals surface area contributed by atoms with Gasteiger partial charge in [0.15, 0.2) is 6.61 Å². The normalized spacial score (nSPS) is 10.0. The van der Waals surface area contributed by atoms with Gasteiger partial charge in [-0.1, -0.05) is 25.1 Å². The van der Waals surface area contributed by atoms with Gasteiger partial charge in [-0.15, -0.1) is 0 Å². The second kappa shape index (κ2) is 9.32. The van der Waals surface area contributed by atoms with E-state index in [1.165, 1.54) is 0 Å². The van der Waals surface area contributed by atoms with E-state index in [4.69, 9.17) is 9.47 Å². The first-order valence-corrected chi connectivity index (χ1v) is 8.10. The SMILES string of the molecule is CCCOc1ccc(C(=O)NNC(=O)COc2ccccc2C)cc1. The number of carbonyl (C=O) groups is 2. The Hall–Kier alpha value is -3.02. The zero-order chi connectivity index (χ0) is 18.1. The summed E-state index contributed by atoms with van der Waals surface area (Å²) >= 11 is 0. The fourth-order valence-corrected chi connectivity index (χ4v) is 2.02. The van der Waals surface area contributed by atoms with E-state index >= 15 is 0 Å². The second-order valence-electron chi connectivity index (χ2n) is 5.43. The van der Waals surface area contributed by atoms with E-state index < -0.39 is 11.8 Å². The van der Waals surface area contributed by atoms with Gasteiger partial charge >= 0.3 is 0 Å². The summed E-state index contributed by atoms with van der Waals surface area (Å²) in [6.07, 6.45) is 0.916. The molecule has 0 saturated heterocycles. The van der Waals surface area contributed by atoms with Crippen LogP contribution in [0.2, 0.25) is 0 Å². The lowest BCUT2D eigenvalue weighted by atomic mass is 10.2. The van der Waals surface area contributed by atoms with Crippen LogP contribution < -0.4 is 20.3 Å². The van der Waals surface area contributed by atoms with E-state index in [0.717, 1.165) is 12.0 Å². The molecule has 0 aromatic heterocycles. The zero-order valence-corrected chi connectivity index (χ0v) is 14.4. The number of para-hydroxylation sites is 1. The summed E-state index contributed by atoms with van der Waals surface area (Å²) in [6, 6.07) is 14.1. The molecule has 0 fully saturated rings. The van der Waals surface area contributed by atoms with Crippen LogP contribution in [0.4, 0.5) is 0 Å². The van der Waals surface area contributed by atoms with Crippen LogP contribution in [0.15, 0.2) is 48.5 Å². The minimum atomic E-state index is -0.445. The summed E-state index contributed by atoms with van der Waals surface area (Å²) in [6.45, 7) is 4.35. The Morgan fingerprint density at radius 2 is 1.68 bits per heavy atom. The van der Waals surface area contributed by atoms with E-state index in [0.29, 0.717) is 23.7 Å². The molecular weight excluding hydrogens is 320 g/mol. The fraction of sp³-hybridized carbons (Fsp3) is 0.263. The lowest BCUT2D eigenvalue weighted by molar-refractivity contribution is -0.123. The molecule has 0 aliphatic heterocycles. The number of hydrazine groups is 1. The van der Waals surface area contributed by atoms with Crippen LogP contribution in [-0.2, 0) is 4.79 Å². The van der Waals surface area contributed by atoms with Crippen LogP contribution in [0.3, 0.4) is 0 Å². The van der Waals surface area contributed by atoms with Crippen molar-refractivity contribution in [2.75, 3.05) is 13.2 Å². The highest BCUT2D eigenvalue weighted by atomic mass is 16.5. The molecule has 2 aromatic carbocycles. The number of hydrogen-bond donors (Lipinski definition) is 2. The lowest BCUT2D eigenvalue weighted by Gasteiger charge is -2.10. The van der Waals surface area contributed by atoms with E-state index in [2.05, 4.69) is 10.9 Å². The Kier molecular flexibility index (Phi) is 6.83. The Bertz CT molecular complexity index is 714. The van der Waals surface area contributed by atoms with E-state index in [-0.39, 0.29) is 6.61 Å². The third-order valence-corrected chi connectivity index (χ3v) is 3.36. The molecule has 6 heteroatoms. The molecule has 6 nitrogen and oxygen atoms in total. The van der Waals surface area contributed by atoms with Crippen LogP contribution in [0, 0.1) is 6.92 Å². The van der Waals surface area contributed by atoms with Crippen molar-refractivity contribution in [1.29, 1.82) is 0 Å². The molecule has 2 N–H and O–H groups in total. The van der Waals surface area contributed by atoms with Gasteiger partial charge in [0.05, 0.1) is 6.61 Å². The second-order valence-corrected chi connectivity index (χ2v) is 5.43. The minimum absolute atomic E-state index is 0.186. The minimum Gasteiger partial charge on any atom is -0.494 e. The molecule has 0 aliphatic carbocycles. The molecule has 0 aliphatic rings. The van der Waals surface area contributed by atoms with Crippen molar-refractivity contribution in [3.05, 3.63) is 59.7 Å². The van der Waals surface area contributed by atoms with Crippen molar-refractivity contribution < 1.29 is 19.1 Å². The molecule has 0 radical (unpaired) electrons. The first-order valence-electron chi connectivity index (χ1n) is 8.10. The van der Waals surface area contributed by atoms with E-state index in [1.807, 2.05) is 32.0 Å². The van der Waals surface area contributed by atoms with Gasteiger partial charge in [-0.25, -0.2) is 0 Å². The monoisotopic (exact) mass is 342 g/mol. The number of benzene rings is 2. The maximum absolute atomic E-state index is 12.0. The van der Waals surface area contributed by atoms with Crippen molar-refractivity contribution in [1.82, 2.24) is 10.9 Å². The number of ether oxygens (including phenoxy) is 2. The maximum atomic E-state index is 12.0. The molecule has 2 aromatic rings. The van der Waals surface area contributed by atoms with Crippen LogP contribution in [0.25, 0.3) is 0 Å². The van der Waals surface area contributed by atoms with Crippen molar-refractivity contribution in [3.8, 4) is 11.5 Å². The summed E-state index contributed by atoms with van der Waals surface area (Å²) in [5, 5.41) is 0. The Morgan fingerprint density at radius 3 is 2.36 bits per heavy atom. The number of rotatable bonds is 7. The number of hydrogen-bond acceptors (Lipinski definition) is 4. The van der Waals surface area contributed by atoms with Crippen LogP contribution in [0.1, 0.15) is 29.3 Å². The standard InChI is InChI=1S/C19H22N2O4/c1-3-12-24-16-10-8-15(9-11-16)19(23)21-20-18(22)13-25-17-7-5-4-6-14(17)2/h4-11H,3,12-13H2,1-2H3,(H,20,22)(H,21,23). The highest BCUT2D eigenvalue weighted by Crippen LogP contribution is 2.15. The number of aryl methyl sites for hydroxylation is 1. The average Bonchev–Trinajstić information content (AvgIpc) is 2.64. The van der Waals surface area contributed by atoms with E-state index in [1.54, 1.807) is 30.3 Å². The molecule has 2 rings (SSSR count). The summed E-state index contributed by atoms with van der Waals surface area (Å²) in [7, 11) is 0. The van der Waals surface area contributed by atoms with Gasteiger partial charge in [-0.05, 0) is 49.2 Å². The molecule has 0 unspecified atom stereocenters. The van der Waals surface area contributed by atoms with Crippen LogP contribution >= 0.6 is 0 Å². The van der Waals surface area contributed by atoms with Gasteiger partial charge in [0.1, 0.15) is 11.5 Å². The largest absolute Gasteiger partial charge is 0.494 e. The summed E-state index contributed by atoms with van der Waals surface area (Å²) in [5.41, 5.74) is 6.03. The fourth-order valence-electron chi connectivity index (χ4n) is 2.02. The van der Waals surface area contributed by atoms with Crippen molar-refractivity contribution in [3.63, 3.8) is 0 Å². The van der Waals surface area contributed by atoms with Gasteiger partial charge < -0.3 is 9.47 Å². The summed E-state index contributed by atoms with van der Waals surface area (Å²) in [4.78, 5) is 23.8.